The number of para-hydroxylation sites is 1. The van der Waals surface area contributed by atoms with Gasteiger partial charge in [0.25, 0.3) is 0 Å². The highest BCUT2D eigenvalue weighted by atomic mass is 19.1. The molecule has 2 atom stereocenters. The minimum absolute atomic E-state index is 0.0813. The van der Waals surface area contributed by atoms with E-state index in [1.807, 2.05) is 0 Å². The Balaban J connectivity index is 1.58. The van der Waals surface area contributed by atoms with Gasteiger partial charge in [0, 0.05) is 11.3 Å². The topological polar surface area (TPSA) is 75.3 Å². The molecule has 2 aromatic carbocycles. The van der Waals surface area contributed by atoms with E-state index >= 15 is 0 Å². The standard InChI is InChI=1S/C19H16F2N2O3/c1-10(24)11-5-7-12(8-6-11)22-18(25)13-9-14(13)19(26)23-17-15(20)3-2-4-16(17)21/h2-8,13-14H,9H2,1H3,(H,22,25)(H,23,26). The molecule has 2 unspecified atom stereocenters. The Morgan fingerprint density at radius 1 is 0.885 bits per heavy atom. The van der Waals surface area contributed by atoms with Gasteiger partial charge >= 0.3 is 0 Å². The van der Waals surface area contributed by atoms with Crippen molar-refractivity contribution >= 4 is 29.0 Å². The Morgan fingerprint density at radius 2 is 1.42 bits per heavy atom. The second kappa shape index (κ2) is 7.03. The number of Topliss-reactive ketones (excluding diaryl/α,β-unsaturated/α-hetero) is 1. The Kier molecular flexibility index (Phi) is 4.79. The summed E-state index contributed by atoms with van der Waals surface area (Å²) in [4.78, 5) is 35.5. The van der Waals surface area contributed by atoms with Crippen LogP contribution in [0, 0.1) is 23.5 Å². The SMILES string of the molecule is CC(=O)c1ccc(NC(=O)C2CC2C(=O)Nc2c(F)cccc2F)cc1. The maximum absolute atomic E-state index is 13.6. The molecule has 2 N–H and O–H groups in total. The van der Waals surface area contributed by atoms with Crippen LogP contribution in [-0.4, -0.2) is 17.6 Å². The van der Waals surface area contributed by atoms with E-state index in [2.05, 4.69) is 10.6 Å². The number of nitrogens with one attached hydrogen (secondary N) is 2. The number of carbonyl (C=O) groups excluding carboxylic acids is 3. The monoisotopic (exact) mass is 358 g/mol. The first-order valence-corrected chi connectivity index (χ1v) is 8.03. The molecular weight excluding hydrogens is 342 g/mol. The molecule has 2 amide bonds. The quantitative estimate of drug-likeness (QED) is 0.805. The molecule has 26 heavy (non-hydrogen) atoms. The van der Waals surface area contributed by atoms with Crippen molar-refractivity contribution in [1.82, 2.24) is 0 Å². The van der Waals surface area contributed by atoms with E-state index in [1.165, 1.54) is 13.0 Å². The lowest BCUT2D eigenvalue weighted by atomic mass is 10.1. The molecule has 0 spiro atoms. The lowest BCUT2D eigenvalue weighted by Gasteiger charge is -2.08. The number of benzene rings is 2. The van der Waals surface area contributed by atoms with Gasteiger partial charge in [-0.1, -0.05) is 6.07 Å². The number of hydrogen-bond acceptors (Lipinski definition) is 3. The van der Waals surface area contributed by atoms with Gasteiger partial charge in [0.05, 0.1) is 11.8 Å². The summed E-state index contributed by atoms with van der Waals surface area (Å²) in [6.45, 7) is 1.44. The fraction of sp³-hybridized carbons (Fsp3) is 0.211. The molecule has 0 heterocycles. The Morgan fingerprint density at radius 3 is 1.96 bits per heavy atom. The fourth-order valence-corrected chi connectivity index (χ4v) is 2.63. The number of carbonyl (C=O) groups is 3. The van der Waals surface area contributed by atoms with Gasteiger partial charge in [-0.3, -0.25) is 14.4 Å². The van der Waals surface area contributed by atoms with Crippen molar-refractivity contribution < 1.29 is 23.2 Å². The lowest BCUT2D eigenvalue weighted by molar-refractivity contribution is -0.122. The molecule has 0 aromatic heterocycles. The summed E-state index contributed by atoms with van der Waals surface area (Å²) in [6.07, 6.45) is 0.305. The van der Waals surface area contributed by atoms with Crippen molar-refractivity contribution in [3.63, 3.8) is 0 Å². The van der Waals surface area contributed by atoms with Crippen molar-refractivity contribution in [2.45, 2.75) is 13.3 Å². The second-order valence-corrected chi connectivity index (χ2v) is 6.16. The molecule has 7 heteroatoms. The highest BCUT2D eigenvalue weighted by molar-refractivity contribution is 6.03. The number of rotatable bonds is 5. The Hall–Kier alpha value is -3.09. The summed E-state index contributed by atoms with van der Waals surface area (Å²) in [5, 5.41) is 4.87. The number of anilines is 2. The number of halogens is 2. The summed E-state index contributed by atoms with van der Waals surface area (Å²) in [5.41, 5.74) is 0.521. The smallest absolute Gasteiger partial charge is 0.228 e. The molecule has 1 fully saturated rings. The van der Waals surface area contributed by atoms with Crippen LogP contribution < -0.4 is 10.6 Å². The molecule has 1 saturated carbocycles. The van der Waals surface area contributed by atoms with Gasteiger partial charge in [0.15, 0.2) is 5.78 Å². The highest BCUT2D eigenvalue weighted by Gasteiger charge is 2.48. The third-order valence-electron chi connectivity index (χ3n) is 4.23. The van der Waals surface area contributed by atoms with Crippen molar-refractivity contribution in [1.29, 1.82) is 0 Å². The van der Waals surface area contributed by atoms with Gasteiger partial charge in [-0.15, -0.1) is 0 Å². The number of hydrogen-bond donors (Lipinski definition) is 2. The first-order chi connectivity index (χ1) is 12.4. The van der Waals surface area contributed by atoms with Gasteiger partial charge in [0.1, 0.15) is 17.3 Å². The normalized spacial score (nSPS) is 18.1. The molecule has 1 aliphatic carbocycles. The summed E-state index contributed by atoms with van der Waals surface area (Å²) >= 11 is 0. The van der Waals surface area contributed by atoms with Crippen molar-refractivity contribution in [2.75, 3.05) is 10.6 Å². The Labute approximate surface area is 148 Å². The molecule has 0 radical (unpaired) electrons. The second-order valence-electron chi connectivity index (χ2n) is 6.16. The fourth-order valence-electron chi connectivity index (χ4n) is 2.63. The van der Waals surface area contributed by atoms with Gasteiger partial charge in [-0.2, -0.15) is 0 Å². The minimum Gasteiger partial charge on any atom is -0.326 e. The van der Waals surface area contributed by atoms with Crippen LogP contribution in [0.2, 0.25) is 0 Å². The summed E-state index contributed by atoms with van der Waals surface area (Å²) in [7, 11) is 0. The van der Waals surface area contributed by atoms with Crippen LogP contribution in [-0.2, 0) is 9.59 Å². The van der Waals surface area contributed by atoms with Crippen molar-refractivity contribution in [3.05, 3.63) is 59.7 Å². The molecule has 134 valence electrons. The molecule has 0 bridgehead atoms. The van der Waals surface area contributed by atoms with E-state index in [-0.39, 0.29) is 11.7 Å². The zero-order valence-corrected chi connectivity index (χ0v) is 13.9. The van der Waals surface area contributed by atoms with E-state index in [4.69, 9.17) is 0 Å². The van der Waals surface area contributed by atoms with Crippen molar-refractivity contribution in [2.24, 2.45) is 11.8 Å². The van der Waals surface area contributed by atoms with Crippen LogP contribution in [0.3, 0.4) is 0 Å². The predicted octanol–water partition coefficient (Wildman–Crippen LogP) is 3.38. The van der Waals surface area contributed by atoms with Gasteiger partial charge in [-0.25, -0.2) is 8.78 Å². The molecule has 1 aliphatic rings. The van der Waals surface area contributed by atoms with Gasteiger partial charge < -0.3 is 10.6 Å². The largest absolute Gasteiger partial charge is 0.326 e. The first-order valence-electron chi connectivity index (χ1n) is 8.03. The van der Waals surface area contributed by atoms with Crippen LogP contribution in [0.15, 0.2) is 42.5 Å². The van der Waals surface area contributed by atoms with Crippen LogP contribution in [0.5, 0.6) is 0 Å². The molecule has 2 aromatic rings. The average molecular weight is 358 g/mol. The Bertz CT molecular complexity index is 861. The highest BCUT2D eigenvalue weighted by Crippen LogP contribution is 2.40. The minimum atomic E-state index is -0.870. The molecule has 0 aliphatic heterocycles. The lowest BCUT2D eigenvalue weighted by Crippen LogP contribution is -2.21. The zero-order valence-electron chi connectivity index (χ0n) is 13.9. The third-order valence-corrected chi connectivity index (χ3v) is 4.23. The van der Waals surface area contributed by atoms with E-state index in [0.717, 1.165) is 12.1 Å². The van der Waals surface area contributed by atoms with Crippen LogP contribution in [0.4, 0.5) is 20.2 Å². The van der Waals surface area contributed by atoms with Crippen molar-refractivity contribution in [3.8, 4) is 0 Å². The first kappa shape index (κ1) is 17.7. The molecule has 0 saturated heterocycles. The third kappa shape index (κ3) is 3.77. The van der Waals surface area contributed by atoms with Crippen LogP contribution in [0.1, 0.15) is 23.7 Å². The summed E-state index contributed by atoms with van der Waals surface area (Å²) in [5.74, 6) is -3.96. The predicted molar refractivity (Wildman–Crippen MR) is 91.7 cm³/mol. The van der Waals surface area contributed by atoms with E-state index in [9.17, 15) is 23.2 Å². The molecule has 3 rings (SSSR count). The van der Waals surface area contributed by atoms with E-state index in [0.29, 0.717) is 17.7 Å². The zero-order chi connectivity index (χ0) is 18.8. The average Bonchev–Trinajstić information content (AvgIpc) is 3.39. The van der Waals surface area contributed by atoms with Crippen LogP contribution >= 0.6 is 0 Å². The maximum atomic E-state index is 13.6. The number of ketones is 1. The maximum Gasteiger partial charge on any atom is 0.228 e. The molecule has 5 nitrogen and oxygen atoms in total. The summed E-state index contributed by atoms with van der Waals surface area (Å²) < 4.78 is 27.1. The van der Waals surface area contributed by atoms with Gasteiger partial charge in [0.2, 0.25) is 11.8 Å². The number of amides is 2. The molecular formula is C19H16F2N2O3. The van der Waals surface area contributed by atoms with E-state index in [1.54, 1.807) is 24.3 Å². The van der Waals surface area contributed by atoms with E-state index < -0.39 is 35.1 Å². The summed E-state index contributed by atoms with van der Waals surface area (Å²) in [6, 6.07) is 9.67. The van der Waals surface area contributed by atoms with Gasteiger partial charge in [-0.05, 0) is 49.7 Å². The van der Waals surface area contributed by atoms with Crippen LogP contribution in [0.25, 0.3) is 0 Å².